The van der Waals surface area contributed by atoms with Crippen LogP contribution in [0.1, 0.15) is 15.9 Å². The number of benzene rings is 1. The van der Waals surface area contributed by atoms with Gasteiger partial charge in [0.2, 0.25) is 0 Å². The van der Waals surface area contributed by atoms with Crippen LogP contribution in [0.5, 0.6) is 5.75 Å². The van der Waals surface area contributed by atoms with Gasteiger partial charge in [-0.15, -0.1) is 0 Å². The predicted octanol–water partition coefficient (Wildman–Crippen LogP) is 0.966. The summed E-state index contributed by atoms with van der Waals surface area (Å²) in [4.78, 5) is 12.8. The molecule has 72 valence electrons. The van der Waals surface area contributed by atoms with Crippen LogP contribution in [0.15, 0.2) is 18.2 Å². The number of nitrogens with zero attached hydrogens (tertiary/aromatic N) is 2. The van der Waals surface area contributed by atoms with Gasteiger partial charge in [0.25, 0.3) is 5.91 Å². The van der Waals surface area contributed by atoms with Crippen molar-refractivity contribution in [2.24, 2.45) is 0 Å². The third kappa shape index (κ3) is 1.67. The van der Waals surface area contributed by atoms with E-state index in [2.05, 4.69) is 0 Å². The summed E-state index contributed by atoms with van der Waals surface area (Å²) >= 11 is 0. The molecule has 0 saturated carbocycles. The molecule has 14 heavy (non-hydrogen) atoms. The van der Waals surface area contributed by atoms with Crippen molar-refractivity contribution in [2.45, 2.75) is 0 Å². The molecule has 4 nitrogen and oxygen atoms in total. The number of phenols is 1. The van der Waals surface area contributed by atoms with Crippen molar-refractivity contribution in [1.29, 1.82) is 5.26 Å². The molecule has 0 aliphatic rings. The number of phenolic OH excluding ortho intramolecular Hbond substituents is 1. The summed E-state index contributed by atoms with van der Waals surface area (Å²) in [5, 5.41) is 18.2. The van der Waals surface area contributed by atoms with Gasteiger partial charge in [-0.2, -0.15) is 5.26 Å². The Morgan fingerprint density at radius 3 is 2.64 bits per heavy atom. The maximum absolute atomic E-state index is 11.5. The molecule has 0 atom stereocenters. The number of rotatable bonds is 1. The summed E-state index contributed by atoms with van der Waals surface area (Å²) in [5.74, 6) is -0.576. The second-order valence-electron chi connectivity index (χ2n) is 3.01. The number of hydrogen-bond donors (Lipinski definition) is 1. The molecule has 1 rings (SSSR count). The minimum absolute atomic E-state index is 0.109. The van der Waals surface area contributed by atoms with E-state index in [1.807, 2.05) is 6.07 Å². The third-order valence-electron chi connectivity index (χ3n) is 1.79. The quantitative estimate of drug-likeness (QED) is 0.717. The van der Waals surface area contributed by atoms with E-state index in [0.29, 0.717) is 0 Å². The average Bonchev–Trinajstić information content (AvgIpc) is 2.17. The minimum Gasteiger partial charge on any atom is -0.506 e. The first-order valence-corrected chi connectivity index (χ1v) is 4.01. The molecule has 0 aromatic heterocycles. The van der Waals surface area contributed by atoms with Crippen LogP contribution in [0, 0.1) is 11.3 Å². The molecule has 0 aliphatic heterocycles. The Balaban J connectivity index is 3.24. The number of carbonyl (C=O) groups is 1. The lowest BCUT2D eigenvalue weighted by molar-refractivity contribution is 0.0824. The summed E-state index contributed by atoms with van der Waals surface area (Å²) < 4.78 is 0. The van der Waals surface area contributed by atoms with Gasteiger partial charge >= 0.3 is 0 Å². The highest BCUT2D eigenvalue weighted by Gasteiger charge is 2.15. The van der Waals surface area contributed by atoms with Crippen molar-refractivity contribution >= 4 is 5.91 Å². The van der Waals surface area contributed by atoms with Crippen LogP contribution in [-0.2, 0) is 0 Å². The van der Waals surface area contributed by atoms with Gasteiger partial charge in [0.1, 0.15) is 11.8 Å². The van der Waals surface area contributed by atoms with Crippen LogP contribution in [0.3, 0.4) is 0 Å². The molecule has 0 heterocycles. The van der Waals surface area contributed by atoms with Gasteiger partial charge in [0.15, 0.2) is 0 Å². The van der Waals surface area contributed by atoms with Gasteiger partial charge in [0, 0.05) is 14.1 Å². The van der Waals surface area contributed by atoms with E-state index in [1.165, 1.54) is 17.0 Å². The number of para-hydroxylation sites is 1. The fourth-order valence-corrected chi connectivity index (χ4v) is 1.05. The molecule has 0 unspecified atom stereocenters. The maximum atomic E-state index is 11.5. The molecule has 0 spiro atoms. The zero-order chi connectivity index (χ0) is 10.7. The van der Waals surface area contributed by atoms with Gasteiger partial charge in [-0.3, -0.25) is 4.79 Å². The molecule has 0 aliphatic carbocycles. The van der Waals surface area contributed by atoms with Crippen LogP contribution in [-0.4, -0.2) is 30.0 Å². The first-order chi connectivity index (χ1) is 6.57. The highest BCUT2D eigenvalue weighted by Crippen LogP contribution is 2.22. The SMILES string of the molecule is CN(C)C(=O)c1cccc(C#N)c1O. The molecule has 0 fully saturated rings. The number of amides is 1. The molecule has 0 bridgehead atoms. The highest BCUT2D eigenvalue weighted by atomic mass is 16.3. The predicted molar refractivity (Wildman–Crippen MR) is 50.8 cm³/mol. The van der Waals surface area contributed by atoms with Crippen molar-refractivity contribution in [1.82, 2.24) is 4.90 Å². The van der Waals surface area contributed by atoms with Crippen LogP contribution in [0.4, 0.5) is 0 Å². The van der Waals surface area contributed by atoms with Gasteiger partial charge < -0.3 is 10.0 Å². The lowest BCUT2D eigenvalue weighted by Crippen LogP contribution is -2.21. The van der Waals surface area contributed by atoms with E-state index in [4.69, 9.17) is 5.26 Å². The Bertz CT molecular complexity index is 405. The highest BCUT2D eigenvalue weighted by molar-refractivity contribution is 5.97. The monoisotopic (exact) mass is 190 g/mol. The summed E-state index contributed by atoms with van der Waals surface area (Å²) in [6.07, 6.45) is 0. The molecular formula is C10H10N2O2. The standard InChI is InChI=1S/C10H10N2O2/c1-12(2)10(14)8-5-3-4-7(6-11)9(8)13/h3-5,13H,1-2H3. The van der Waals surface area contributed by atoms with E-state index < -0.39 is 0 Å². The molecule has 1 aromatic rings. The number of hydrogen-bond acceptors (Lipinski definition) is 3. The van der Waals surface area contributed by atoms with Gasteiger partial charge in [0.05, 0.1) is 11.1 Å². The molecule has 4 heteroatoms. The Kier molecular flexibility index (Phi) is 2.73. The normalized spacial score (nSPS) is 9.21. The summed E-state index contributed by atoms with van der Waals surface area (Å²) in [6, 6.07) is 6.32. The minimum atomic E-state index is -0.320. The fraction of sp³-hybridized carbons (Fsp3) is 0.200. The van der Waals surface area contributed by atoms with Crippen molar-refractivity contribution < 1.29 is 9.90 Å². The lowest BCUT2D eigenvalue weighted by Gasteiger charge is -2.11. The summed E-state index contributed by atoms with van der Waals surface area (Å²) in [6.45, 7) is 0. The Labute approximate surface area is 82.0 Å². The third-order valence-corrected chi connectivity index (χ3v) is 1.79. The molecule has 0 radical (unpaired) electrons. The second kappa shape index (κ2) is 3.79. The van der Waals surface area contributed by atoms with E-state index in [1.54, 1.807) is 20.2 Å². The molecular weight excluding hydrogens is 180 g/mol. The lowest BCUT2D eigenvalue weighted by atomic mass is 10.1. The second-order valence-corrected chi connectivity index (χ2v) is 3.01. The Morgan fingerprint density at radius 1 is 1.50 bits per heavy atom. The first kappa shape index (κ1) is 10.1. The number of nitriles is 1. The first-order valence-electron chi connectivity index (χ1n) is 4.01. The van der Waals surface area contributed by atoms with E-state index in [0.717, 1.165) is 0 Å². The van der Waals surface area contributed by atoms with Crippen LogP contribution in [0.2, 0.25) is 0 Å². The summed E-state index contributed by atoms with van der Waals surface area (Å²) in [7, 11) is 3.17. The van der Waals surface area contributed by atoms with Crippen molar-refractivity contribution in [3.8, 4) is 11.8 Å². The van der Waals surface area contributed by atoms with Crippen molar-refractivity contribution in [3.05, 3.63) is 29.3 Å². The number of carbonyl (C=O) groups excluding carboxylic acids is 1. The summed E-state index contributed by atoms with van der Waals surface area (Å²) in [5.41, 5.74) is 0.256. The molecule has 1 aromatic carbocycles. The van der Waals surface area contributed by atoms with Gasteiger partial charge in [-0.05, 0) is 12.1 Å². The largest absolute Gasteiger partial charge is 0.506 e. The van der Waals surface area contributed by atoms with Crippen LogP contribution in [0.25, 0.3) is 0 Å². The van der Waals surface area contributed by atoms with Crippen molar-refractivity contribution in [2.75, 3.05) is 14.1 Å². The zero-order valence-electron chi connectivity index (χ0n) is 7.98. The molecule has 1 N–H and O–H groups in total. The topological polar surface area (TPSA) is 64.3 Å². The van der Waals surface area contributed by atoms with E-state index >= 15 is 0 Å². The molecule has 1 amide bonds. The van der Waals surface area contributed by atoms with Gasteiger partial charge in [-0.1, -0.05) is 6.07 Å². The number of aromatic hydroxyl groups is 1. The maximum Gasteiger partial charge on any atom is 0.257 e. The Morgan fingerprint density at radius 2 is 2.14 bits per heavy atom. The van der Waals surface area contributed by atoms with Gasteiger partial charge in [-0.25, -0.2) is 0 Å². The zero-order valence-corrected chi connectivity index (χ0v) is 7.98. The molecule has 0 saturated heterocycles. The van der Waals surface area contributed by atoms with Crippen LogP contribution < -0.4 is 0 Å². The average molecular weight is 190 g/mol. The Hall–Kier alpha value is -2.02. The smallest absolute Gasteiger partial charge is 0.257 e. The van der Waals surface area contributed by atoms with E-state index in [9.17, 15) is 9.90 Å². The van der Waals surface area contributed by atoms with Crippen molar-refractivity contribution in [3.63, 3.8) is 0 Å². The fourth-order valence-electron chi connectivity index (χ4n) is 1.05. The van der Waals surface area contributed by atoms with Crippen LogP contribution >= 0.6 is 0 Å². The van der Waals surface area contributed by atoms with E-state index in [-0.39, 0.29) is 22.8 Å².